The number of nitrogens with zero attached hydrogens (tertiary/aromatic N) is 1. The Morgan fingerprint density at radius 1 is 1.28 bits per heavy atom. The maximum absolute atomic E-state index is 13.0. The molecule has 1 aliphatic rings. The van der Waals surface area contributed by atoms with Gasteiger partial charge < -0.3 is 14.7 Å². The predicted octanol–water partition coefficient (Wildman–Crippen LogP) is 3.56. The molecular formula is C20H22FNO3. The second-order valence-corrected chi connectivity index (χ2v) is 6.22. The molecule has 1 saturated carbocycles. The Labute approximate surface area is 146 Å². The molecule has 132 valence electrons. The Morgan fingerprint density at radius 2 is 2.00 bits per heavy atom. The smallest absolute Gasteiger partial charge is 0.254 e. The minimum Gasteiger partial charge on any atom is -0.494 e. The molecule has 0 bridgehead atoms. The third kappa shape index (κ3) is 4.37. The number of aliphatic hydroxyl groups is 1. The first kappa shape index (κ1) is 17.4. The summed E-state index contributed by atoms with van der Waals surface area (Å²) in [5.41, 5.74) is 1.15. The summed E-state index contributed by atoms with van der Waals surface area (Å²) in [4.78, 5) is 14.6. The Morgan fingerprint density at radius 3 is 2.64 bits per heavy atom. The van der Waals surface area contributed by atoms with Gasteiger partial charge in [0.1, 0.15) is 11.6 Å². The molecule has 1 aliphatic carbocycles. The molecule has 0 saturated heterocycles. The van der Waals surface area contributed by atoms with E-state index < -0.39 is 6.10 Å². The Hall–Kier alpha value is -2.40. The van der Waals surface area contributed by atoms with Crippen molar-refractivity contribution >= 4 is 5.91 Å². The fourth-order valence-corrected chi connectivity index (χ4v) is 2.81. The largest absolute Gasteiger partial charge is 0.494 e. The topological polar surface area (TPSA) is 49.8 Å². The van der Waals surface area contributed by atoms with Crippen LogP contribution in [0.5, 0.6) is 5.75 Å². The molecule has 0 spiro atoms. The molecule has 1 amide bonds. The van der Waals surface area contributed by atoms with E-state index in [-0.39, 0.29) is 24.3 Å². The van der Waals surface area contributed by atoms with Gasteiger partial charge in [-0.05, 0) is 55.7 Å². The molecule has 0 radical (unpaired) electrons. The highest BCUT2D eigenvalue weighted by Gasteiger charge is 2.34. The van der Waals surface area contributed by atoms with Crippen molar-refractivity contribution in [2.45, 2.75) is 31.9 Å². The number of hydrogen-bond donors (Lipinski definition) is 1. The summed E-state index contributed by atoms with van der Waals surface area (Å²) in [6.45, 7) is 2.62. The molecule has 0 aliphatic heterocycles. The van der Waals surface area contributed by atoms with Gasteiger partial charge in [0.2, 0.25) is 0 Å². The van der Waals surface area contributed by atoms with Gasteiger partial charge in [0, 0.05) is 11.6 Å². The summed E-state index contributed by atoms with van der Waals surface area (Å²) in [5, 5.41) is 10.5. The quantitative estimate of drug-likeness (QED) is 0.836. The fourth-order valence-electron chi connectivity index (χ4n) is 2.81. The highest BCUT2D eigenvalue weighted by Crippen LogP contribution is 2.31. The van der Waals surface area contributed by atoms with Gasteiger partial charge in [0.05, 0.1) is 19.3 Å². The van der Waals surface area contributed by atoms with Crippen molar-refractivity contribution < 1.29 is 19.0 Å². The lowest BCUT2D eigenvalue weighted by atomic mass is 10.1. The van der Waals surface area contributed by atoms with Crippen molar-refractivity contribution in [3.8, 4) is 5.75 Å². The minimum atomic E-state index is -0.847. The molecule has 2 aromatic carbocycles. The van der Waals surface area contributed by atoms with Gasteiger partial charge in [0.25, 0.3) is 5.91 Å². The summed E-state index contributed by atoms with van der Waals surface area (Å²) in [6.07, 6.45) is 1.03. The van der Waals surface area contributed by atoms with E-state index in [2.05, 4.69) is 0 Å². The van der Waals surface area contributed by atoms with E-state index in [9.17, 15) is 14.3 Å². The third-order valence-electron chi connectivity index (χ3n) is 4.26. The summed E-state index contributed by atoms with van der Waals surface area (Å²) in [7, 11) is 0. The number of carbonyl (C=O) groups excluding carboxylic acids is 1. The monoisotopic (exact) mass is 343 g/mol. The second-order valence-electron chi connectivity index (χ2n) is 6.22. The maximum Gasteiger partial charge on any atom is 0.254 e. The molecule has 2 aromatic rings. The molecule has 1 atom stereocenters. The maximum atomic E-state index is 13.0. The van der Waals surface area contributed by atoms with Crippen molar-refractivity contribution in [2.24, 2.45) is 0 Å². The van der Waals surface area contributed by atoms with Gasteiger partial charge in [-0.1, -0.05) is 18.2 Å². The number of amides is 1. The van der Waals surface area contributed by atoms with Crippen LogP contribution in [0.2, 0.25) is 0 Å². The van der Waals surface area contributed by atoms with Gasteiger partial charge in [-0.25, -0.2) is 4.39 Å². The van der Waals surface area contributed by atoms with Crippen molar-refractivity contribution in [3.05, 3.63) is 65.5 Å². The third-order valence-corrected chi connectivity index (χ3v) is 4.26. The molecular weight excluding hydrogens is 321 g/mol. The number of rotatable bonds is 7. The first-order valence-electron chi connectivity index (χ1n) is 8.56. The number of hydrogen-bond acceptors (Lipinski definition) is 3. The van der Waals surface area contributed by atoms with Crippen LogP contribution in [0.3, 0.4) is 0 Å². The lowest BCUT2D eigenvalue weighted by molar-refractivity contribution is 0.0602. The summed E-state index contributed by atoms with van der Waals surface area (Å²) >= 11 is 0. The molecule has 25 heavy (non-hydrogen) atoms. The first-order valence-corrected chi connectivity index (χ1v) is 8.56. The van der Waals surface area contributed by atoms with E-state index in [1.165, 1.54) is 12.1 Å². The van der Waals surface area contributed by atoms with Gasteiger partial charge in [-0.2, -0.15) is 0 Å². The Kier molecular flexibility index (Phi) is 5.34. The van der Waals surface area contributed by atoms with E-state index >= 15 is 0 Å². The van der Waals surface area contributed by atoms with Crippen molar-refractivity contribution in [1.29, 1.82) is 0 Å². The van der Waals surface area contributed by atoms with Crippen molar-refractivity contribution in [2.75, 3.05) is 13.2 Å². The van der Waals surface area contributed by atoms with E-state index in [0.717, 1.165) is 12.8 Å². The SMILES string of the molecule is CCOc1cccc(C(=O)N(CC(O)c2ccc(F)cc2)C2CC2)c1. The lowest BCUT2D eigenvalue weighted by Crippen LogP contribution is -2.36. The molecule has 1 fully saturated rings. The van der Waals surface area contributed by atoms with Crippen LogP contribution in [-0.4, -0.2) is 35.1 Å². The molecule has 0 heterocycles. The zero-order valence-electron chi connectivity index (χ0n) is 14.2. The zero-order valence-corrected chi connectivity index (χ0v) is 14.2. The van der Waals surface area contributed by atoms with Crippen LogP contribution < -0.4 is 4.74 Å². The van der Waals surface area contributed by atoms with E-state index in [0.29, 0.717) is 23.5 Å². The van der Waals surface area contributed by atoms with Crippen LogP contribution in [0, 0.1) is 5.82 Å². The van der Waals surface area contributed by atoms with Gasteiger partial charge in [-0.3, -0.25) is 4.79 Å². The van der Waals surface area contributed by atoms with Crippen LogP contribution in [0.1, 0.15) is 41.8 Å². The molecule has 1 unspecified atom stereocenters. The molecule has 3 rings (SSSR count). The van der Waals surface area contributed by atoms with Crippen molar-refractivity contribution in [3.63, 3.8) is 0 Å². The number of halogens is 1. The Bertz CT molecular complexity index is 728. The normalized spacial score (nSPS) is 14.8. The number of aliphatic hydroxyl groups excluding tert-OH is 1. The van der Waals surface area contributed by atoms with Gasteiger partial charge in [0.15, 0.2) is 0 Å². The second kappa shape index (κ2) is 7.66. The Balaban J connectivity index is 1.75. The summed E-state index contributed by atoms with van der Waals surface area (Å²) in [6, 6.07) is 13.0. The fraction of sp³-hybridized carbons (Fsp3) is 0.350. The van der Waals surface area contributed by atoms with E-state index in [1.54, 1.807) is 35.2 Å². The lowest BCUT2D eigenvalue weighted by Gasteiger charge is -2.26. The van der Waals surface area contributed by atoms with Crippen molar-refractivity contribution in [1.82, 2.24) is 4.90 Å². The van der Waals surface area contributed by atoms with Crippen LogP contribution in [0.25, 0.3) is 0 Å². The number of carbonyl (C=O) groups is 1. The van der Waals surface area contributed by atoms with Crippen LogP contribution in [-0.2, 0) is 0 Å². The summed E-state index contributed by atoms with van der Waals surface area (Å²) in [5.74, 6) is 0.187. The van der Waals surface area contributed by atoms with Crippen LogP contribution in [0.15, 0.2) is 48.5 Å². The standard InChI is InChI=1S/C20H22FNO3/c1-2-25-18-5-3-4-15(12-18)20(24)22(17-10-11-17)13-19(23)14-6-8-16(21)9-7-14/h3-9,12,17,19,23H,2,10-11,13H2,1H3. The van der Waals surface area contributed by atoms with Gasteiger partial charge in [-0.15, -0.1) is 0 Å². The van der Waals surface area contributed by atoms with Crippen LogP contribution >= 0.6 is 0 Å². The highest BCUT2D eigenvalue weighted by molar-refractivity contribution is 5.95. The molecule has 0 aromatic heterocycles. The van der Waals surface area contributed by atoms with E-state index in [1.807, 2.05) is 13.0 Å². The molecule has 1 N–H and O–H groups in total. The number of ether oxygens (including phenoxy) is 1. The molecule has 4 nitrogen and oxygen atoms in total. The minimum absolute atomic E-state index is 0.120. The summed E-state index contributed by atoms with van der Waals surface area (Å²) < 4.78 is 18.5. The predicted molar refractivity (Wildman–Crippen MR) is 93.0 cm³/mol. The zero-order chi connectivity index (χ0) is 17.8. The van der Waals surface area contributed by atoms with Crippen LogP contribution in [0.4, 0.5) is 4.39 Å². The average molecular weight is 343 g/mol. The van der Waals surface area contributed by atoms with Gasteiger partial charge >= 0.3 is 0 Å². The highest BCUT2D eigenvalue weighted by atomic mass is 19.1. The average Bonchev–Trinajstić information content (AvgIpc) is 3.45. The van der Waals surface area contributed by atoms with E-state index in [4.69, 9.17) is 4.74 Å². The number of benzene rings is 2. The molecule has 5 heteroatoms. The first-order chi connectivity index (χ1) is 12.1.